The summed E-state index contributed by atoms with van der Waals surface area (Å²) in [6.45, 7) is 0. The lowest BCUT2D eigenvalue weighted by atomic mass is 9.62. The highest BCUT2D eigenvalue weighted by Gasteiger charge is 2.50. The Morgan fingerprint density at radius 2 is 1.35 bits per heavy atom. The van der Waals surface area contributed by atoms with Crippen LogP contribution in [-0.2, 0) is 9.59 Å². The molecule has 4 nitrogen and oxygen atoms in total. The molecule has 4 heteroatoms. The van der Waals surface area contributed by atoms with Gasteiger partial charge in [-0.25, -0.2) is 0 Å². The van der Waals surface area contributed by atoms with Crippen LogP contribution in [-0.4, -0.2) is 11.8 Å². The lowest BCUT2D eigenvalue weighted by Gasteiger charge is -2.41. The molecule has 2 amide bonds. The van der Waals surface area contributed by atoms with Gasteiger partial charge in [0.05, 0.1) is 5.41 Å². The second-order valence-electron chi connectivity index (χ2n) is 6.69. The van der Waals surface area contributed by atoms with E-state index in [2.05, 4.69) is 0 Å². The first-order valence-corrected chi connectivity index (χ1v) is 8.15. The van der Waals surface area contributed by atoms with Gasteiger partial charge in [-0.3, -0.25) is 9.59 Å². The van der Waals surface area contributed by atoms with Gasteiger partial charge >= 0.3 is 0 Å². The molecule has 2 aliphatic carbocycles. The van der Waals surface area contributed by atoms with E-state index in [1.54, 1.807) is 0 Å². The van der Waals surface area contributed by atoms with Gasteiger partial charge < -0.3 is 11.5 Å². The van der Waals surface area contributed by atoms with Gasteiger partial charge in [-0.2, -0.15) is 0 Å². The van der Waals surface area contributed by atoms with E-state index in [-0.39, 0.29) is 17.2 Å². The molecule has 0 atom stereocenters. The number of carbonyl (C=O) groups excluding carboxylic acids is 2. The van der Waals surface area contributed by atoms with Crippen LogP contribution in [0.1, 0.15) is 70.6 Å². The SMILES string of the molecule is NC(=O)CCCC(C(N)=O)(C1CCCC1)C1CCCC1. The Morgan fingerprint density at radius 3 is 1.70 bits per heavy atom. The summed E-state index contributed by atoms with van der Waals surface area (Å²) in [5.74, 6) is 0.453. The second-order valence-corrected chi connectivity index (χ2v) is 6.69. The average molecular weight is 280 g/mol. The van der Waals surface area contributed by atoms with Crippen LogP contribution in [0.3, 0.4) is 0 Å². The Labute approximate surface area is 121 Å². The highest BCUT2D eigenvalue weighted by atomic mass is 16.1. The van der Waals surface area contributed by atoms with Crippen molar-refractivity contribution in [2.75, 3.05) is 0 Å². The summed E-state index contributed by atoms with van der Waals surface area (Å²) >= 11 is 0. The van der Waals surface area contributed by atoms with E-state index in [1.807, 2.05) is 0 Å². The zero-order valence-corrected chi connectivity index (χ0v) is 12.4. The van der Waals surface area contributed by atoms with Gasteiger partial charge in [0.15, 0.2) is 0 Å². The minimum atomic E-state index is -0.373. The molecule has 0 aromatic heterocycles. The topological polar surface area (TPSA) is 86.2 Å². The summed E-state index contributed by atoms with van der Waals surface area (Å²) in [6, 6.07) is 0. The molecule has 0 saturated heterocycles. The molecule has 0 aliphatic heterocycles. The monoisotopic (exact) mass is 280 g/mol. The summed E-state index contributed by atoms with van der Waals surface area (Å²) in [5, 5.41) is 0. The van der Waals surface area contributed by atoms with Crippen LogP contribution in [0.2, 0.25) is 0 Å². The highest BCUT2D eigenvalue weighted by molar-refractivity contribution is 5.82. The smallest absolute Gasteiger partial charge is 0.224 e. The quantitative estimate of drug-likeness (QED) is 0.750. The van der Waals surface area contributed by atoms with Crippen molar-refractivity contribution in [3.8, 4) is 0 Å². The third-order valence-corrected chi connectivity index (χ3v) is 5.64. The minimum Gasteiger partial charge on any atom is -0.370 e. The van der Waals surface area contributed by atoms with E-state index in [1.165, 1.54) is 25.7 Å². The Hall–Kier alpha value is -1.06. The van der Waals surface area contributed by atoms with Gasteiger partial charge in [0.1, 0.15) is 0 Å². The number of hydrogen-bond donors (Lipinski definition) is 2. The Kier molecular flexibility index (Phi) is 5.06. The predicted octanol–water partition coefficient (Wildman–Crippen LogP) is 2.49. The van der Waals surface area contributed by atoms with Crippen LogP contribution in [0.4, 0.5) is 0 Å². The third kappa shape index (κ3) is 2.99. The van der Waals surface area contributed by atoms with E-state index in [4.69, 9.17) is 11.5 Å². The van der Waals surface area contributed by atoms with Crippen molar-refractivity contribution in [3.05, 3.63) is 0 Å². The lowest BCUT2D eigenvalue weighted by molar-refractivity contribution is -0.136. The molecule has 0 heterocycles. The number of carbonyl (C=O) groups is 2. The second kappa shape index (κ2) is 6.59. The maximum Gasteiger partial charge on any atom is 0.224 e. The molecule has 0 unspecified atom stereocenters. The molecule has 20 heavy (non-hydrogen) atoms. The van der Waals surface area contributed by atoms with Crippen LogP contribution in [0.5, 0.6) is 0 Å². The third-order valence-electron chi connectivity index (χ3n) is 5.64. The summed E-state index contributed by atoms with van der Waals surface area (Å²) < 4.78 is 0. The molecule has 2 rings (SSSR count). The van der Waals surface area contributed by atoms with Gasteiger partial charge in [0, 0.05) is 6.42 Å². The Bertz CT molecular complexity index is 339. The molecule has 114 valence electrons. The fourth-order valence-electron chi connectivity index (χ4n) is 4.70. The van der Waals surface area contributed by atoms with Crippen molar-refractivity contribution >= 4 is 11.8 Å². The van der Waals surface area contributed by atoms with Gasteiger partial charge in [-0.15, -0.1) is 0 Å². The summed E-state index contributed by atoms with van der Waals surface area (Å²) in [4.78, 5) is 23.4. The van der Waals surface area contributed by atoms with Crippen molar-refractivity contribution in [1.29, 1.82) is 0 Å². The molecule has 2 fully saturated rings. The molecule has 0 radical (unpaired) electrons. The van der Waals surface area contributed by atoms with Crippen molar-refractivity contribution in [3.63, 3.8) is 0 Å². The molecule has 0 spiro atoms. The van der Waals surface area contributed by atoms with Crippen molar-refractivity contribution in [1.82, 2.24) is 0 Å². The molecule has 0 aromatic rings. The molecule has 4 N–H and O–H groups in total. The lowest BCUT2D eigenvalue weighted by Crippen LogP contribution is -2.47. The van der Waals surface area contributed by atoms with Gasteiger partial charge in [-0.1, -0.05) is 25.7 Å². The Morgan fingerprint density at radius 1 is 0.900 bits per heavy atom. The Balaban J connectivity index is 2.18. The number of rotatable bonds is 7. The first kappa shape index (κ1) is 15.3. The summed E-state index contributed by atoms with van der Waals surface area (Å²) in [6.07, 6.45) is 11.1. The maximum atomic E-state index is 12.4. The number of amides is 2. The molecular weight excluding hydrogens is 252 g/mol. The van der Waals surface area contributed by atoms with Crippen LogP contribution in [0.25, 0.3) is 0 Å². The van der Waals surface area contributed by atoms with Crippen LogP contribution in [0, 0.1) is 17.3 Å². The number of primary amides is 2. The van der Waals surface area contributed by atoms with Crippen molar-refractivity contribution in [2.24, 2.45) is 28.7 Å². The molecule has 0 aromatic carbocycles. The van der Waals surface area contributed by atoms with E-state index in [0.717, 1.165) is 32.1 Å². The van der Waals surface area contributed by atoms with E-state index in [9.17, 15) is 9.59 Å². The van der Waals surface area contributed by atoms with Crippen molar-refractivity contribution in [2.45, 2.75) is 70.6 Å². The van der Waals surface area contributed by atoms with E-state index in [0.29, 0.717) is 24.7 Å². The van der Waals surface area contributed by atoms with Crippen molar-refractivity contribution < 1.29 is 9.59 Å². The van der Waals surface area contributed by atoms with Crippen LogP contribution < -0.4 is 11.5 Å². The molecular formula is C16H28N2O2. The summed E-state index contributed by atoms with van der Waals surface area (Å²) in [7, 11) is 0. The first-order chi connectivity index (χ1) is 9.57. The maximum absolute atomic E-state index is 12.4. The van der Waals surface area contributed by atoms with E-state index < -0.39 is 0 Å². The first-order valence-electron chi connectivity index (χ1n) is 8.15. The largest absolute Gasteiger partial charge is 0.370 e. The fourth-order valence-corrected chi connectivity index (χ4v) is 4.70. The summed E-state index contributed by atoms with van der Waals surface area (Å²) in [5.41, 5.74) is 10.8. The van der Waals surface area contributed by atoms with Gasteiger partial charge in [-0.05, 0) is 50.4 Å². The minimum absolute atomic E-state index is 0.124. The molecule has 2 saturated carbocycles. The van der Waals surface area contributed by atoms with E-state index >= 15 is 0 Å². The normalized spacial score (nSPS) is 21.4. The zero-order chi connectivity index (χ0) is 14.6. The molecule has 2 aliphatic rings. The molecule has 0 bridgehead atoms. The van der Waals surface area contributed by atoms with Crippen LogP contribution in [0.15, 0.2) is 0 Å². The predicted molar refractivity (Wildman–Crippen MR) is 78.6 cm³/mol. The standard InChI is InChI=1S/C16H28N2O2/c17-14(19)10-5-11-16(15(18)20,12-6-1-2-7-12)13-8-3-4-9-13/h12-13H,1-11H2,(H2,17,19)(H2,18,20). The highest BCUT2D eigenvalue weighted by Crippen LogP contribution is 2.53. The average Bonchev–Trinajstić information content (AvgIpc) is 3.06. The zero-order valence-electron chi connectivity index (χ0n) is 12.4. The van der Waals surface area contributed by atoms with Gasteiger partial charge in [0.25, 0.3) is 0 Å². The van der Waals surface area contributed by atoms with Crippen LogP contribution >= 0.6 is 0 Å². The van der Waals surface area contributed by atoms with Gasteiger partial charge in [0.2, 0.25) is 11.8 Å². The fraction of sp³-hybridized carbons (Fsp3) is 0.875. The number of nitrogens with two attached hydrogens (primary N) is 2. The number of hydrogen-bond acceptors (Lipinski definition) is 2.